The molecule has 1 N–H and O–H groups in total. The first-order valence-electron chi connectivity index (χ1n) is 6.95. The highest BCUT2D eigenvalue weighted by Crippen LogP contribution is 2.18. The third-order valence-corrected chi connectivity index (χ3v) is 3.18. The third-order valence-electron chi connectivity index (χ3n) is 3.18. The highest BCUT2D eigenvalue weighted by molar-refractivity contribution is 5.28. The van der Waals surface area contributed by atoms with Crippen molar-refractivity contribution in [2.45, 2.75) is 25.8 Å². The van der Waals surface area contributed by atoms with E-state index < -0.39 is 0 Å². The molecule has 0 bridgehead atoms. The molecule has 106 valence electrons. The summed E-state index contributed by atoms with van der Waals surface area (Å²) in [5.74, 6) is 0.881. The van der Waals surface area contributed by atoms with Gasteiger partial charge < -0.3 is 10.1 Å². The molecule has 0 saturated carbocycles. The van der Waals surface area contributed by atoms with E-state index in [4.69, 9.17) is 4.74 Å². The zero-order valence-corrected chi connectivity index (χ0v) is 12.0. The fourth-order valence-electron chi connectivity index (χ4n) is 2.09. The molecule has 0 radical (unpaired) electrons. The largest absolute Gasteiger partial charge is 0.497 e. The molecule has 2 aromatic rings. The molecule has 1 heterocycles. The summed E-state index contributed by atoms with van der Waals surface area (Å²) in [5, 5.41) is 3.53. The van der Waals surface area contributed by atoms with Crippen molar-refractivity contribution in [1.82, 2.24) is 15.3 Å². The quantitative estimate of drug-likeness (QED) is 0.841. The maximum atomic E-state index is 5.19. The molecule has 0 aliphatic heterocycles. The minimum Gasteiger partial charge on any atom is -0.497 e. The van der Waals surface area contributed by atoms with E-state index in [1.165, 1.54) is 5.56 Å². The maximum absolute atomic E-state index is 5.19. The lowest BCUT2D eigenvalue weighted by Gasteiger charge is -2.18. The first-order chi connectivity index (χ1) is 9.83. The van der Waals surface area contributed by atoms with E-state index in [0.717, 1.165) is 30.8 Å². The molecule has 0 aliphatic carbocycles. The second kappa shape index (κ2) is 7.60. The minimum absolute atomic E-state index is 0.192. The van der Waals surface area contributed by atoms with Gasteiger partial charge in [-0.3, -0.25) is 9.97 Å². The summed E-state index contributed by atoms with van der Waals surface area (Å²) in [4.78, 5) is 8.57. The Morgan fingerprint density at radius 1 is 1.20 bits per heavy atom. The van der Waals surface area contributed by atoms with Crippen LogP contribution in [0.1, 0.15) is 30.6 Å². The number of hydrogen-bond donors (Lipinski definition) is 1. The lowest BCUT2D eigenvalue weighted by Crippen LogP contribution is -2.25. The highest BCUT2D eigenvalue weighted by atomic mass is 16.5. The molecule has 1 unspecified atom stereocenters. The summed E-state index contributed by atoms with van der Waals surface area (Å²) < 4.78 is 5.19. The van der Waals surface area contributed by atoms with Crippen LogP contribution in [0, 0.1) is 0 Å². The van der Waals surface area contributed by atoms with Gasteiger partial charge in [-0.05, 0) is 37.1 Å². The molecule has 0 saturated heterocycles. The summed E-state index contributed by atoms with van der Waals surface area (Å²) in [7, 11) is 1.68. The topological polar surface area (TPSA) is 47.0 Å². The second-order valence-corrected chi connectivity index (χ2v) is 4.69. The molecule has 2 rings (SSSR count). The van der Waals surface area contributed by atoms with Crippen LogP contribution in [-0.2, 0) is 6.42 Å². The Morgan fingerprint density at radius 3 is 2.60 bits per heavy atom. The molecular weight excluding hydrogens is 250 g/mol. The smallest absolute Gasteiger partial charge is 0.118 e. The Balaban J connectivity index is 2.10. The summed E-state index contributed by atoms with van der Waals surface area (Å²) >= 11 is 0. The minimum atomic E-state index is 0.192. The van der Waals surface area contributed by atoms with Gasteiger partial charge in [0, 0.05) is 18.6 Å². The van der Waals surface area contributed by atoms with Crippen LogP contribution in [0.3, 0.4) is 0 Å². The number of benzene rings is 1. The van der Waals surface area contributed by atoms with Crippen LogP contribution in [0.25, 0.3) is 0 Å². The molecule has 1 atom stereocenters. The second-order valence-electron chi connectivity index (χ2n) is 4.69. The number of nitrogens with one attached hydrogen (secondary N) is 1. The van der Waals surface area contributed by atoms with Crippen molar-refractivity contribution in [3.8, 4) is 5.75 Å². The normalized spacial score (nSPS) is 12.1. The third kappa shape index (κ3) is 4.03. The number of hydrogen-bond acceptors (Lipinski definition) is 4. The predicted molar refractivity (Wildman–Crippen MR) is 79.8 cm³/mol. The van der Waals surface area contributed by atoms with Crippen LogP contribution < -0.4 is 10.1 Å². The van der Waals surface area contributed by atoms with Gasteiger partial charge in [-0.15, -0.1) is 0 Å². The first kappa shape index (κ1) is 14.5. The van der Waals surface area contributed by atoms with Crippen LogP contribution in [0.5, 0.6) is 5.75 Å². The van der Waals surface area contributed by atoms with E-state index in [0.29, 0.717) is 0 Å². The van der Waals surface area contributed by atoms with Crippen LogP contribution in [-0.4, -0.2) is 23.6 Å². The molecule has 1 aromatic heterocycles. The van der Waals surface area contributed by atoms with Gasteiger partial charge in [0.25, 0.3) is 0 Å². The van der Waals surface area contributed by atoms with Gasteiger partial charge in [0.2, 0.25) is 0 Å². The Hall–Kier alpha value is -1.94. The molecular formula is C16H21N3O. The summed E-state index contributed by atoms with van der Waals surface area (Å²) in [6.07, 6.45) is 7.26. The highest BCUT2D eigenvalue weighted by Gasteiger charge is 2.13. The lowest BCUT2D eigenvalue weighted by atomic mass is 10.0. The van der Waals surface area contributed by atoms with Crippen molar-refractivity contribution >= 4 is 0 Å². The summed E-state index contributed by atoms with van der Waals surface area (Å²) in [6.45, 7) is 3.13. The Morgan fingerprint density at radius 2 is 2.00 bits per heavy atom. The van der Waals surface area contributed by atoms with E-state index in [-0.39, 0.29) is 6.04 Å². The zero-order chi connectivity index (χ0) is 14.2. The Bertz CT molecular complexity index is 499. The van der Waals surface area contributed by atoms with Crippen molar-refractivity contribution in [3.63, 3.8) is 0 Å². The lowest BCUT2D eigenvalue weighted by molar-refractivity contribution is 0.414. The molecule has 0 fully saturated rings. The standard InChI is InChI=1S/C16H21N3O/c1-3-8-18-15(16-12-17-9-10-19-16)11-13-4-6-14(20-2)7-5-13/h4-7,9-10,12,15,18H,3,8,11H2,1-2H3. The fraction of sp³-hybridized carbons (Fsp3) is 0.375. The monoisotopic (exact) mass is 271 g/mol. The van der Waals surface area contributed by atoms with E-state index in [2.05, 4.69) is 34.3 Å². The SMILES string of the molecule is CCCNC(Cc1ccc(OC)cc1)c1cnccn1. The number of nitrogens with zero attached hydrogens (tertiary/aromatic N) is 2. The van der Waals surface area contributed by atoms with Crippen LogP contribution in [0.2, 0.25) is 0 Å². The summed E-state index contributed by atoms with van der Waals surface area (Å²) in [6, 6.07) is 8.36. The predicted octanol–water partition coefficient (Wildman–Crippen LogP) is 2.77. The molecule has 0 amide bonds. The van der Waals surface area contributed by atoms with Gasteiger partial charge in [0.15, 0.2) is 0 Å². The van der Waals surface area contributed by atoms with Gasteiger partial charge in [0.1, 0.15) is 5.75 Å². The maximum Gasteiger partial charge on any atom is 0.118 e. The number of aromatic nitrogens is 2. The Kier molecular flexibility index (Phi) is 5.50. The van der Waals surface area contributed by atoms with E-state index in [9.17, 15) is 0 Å². The van der Waals surface area contributed by atoms with Crippen molar-refractivity contribution < 1.29 is 4.74 Å². The van der Waals surface area contributed by atoms with Gasteiger partial charge in [0.05, 0.1) is 18.8 Å². The molecule has 4 nitrogen and oxygen atoms in total. The number of rotatable bonds is 7. The number of methoxy groups -OCH3 is 1. The zero-order valence-electron chi connectivity index (χ0n) is 12.0. The van der Waals surface area contributed by atoms with Crippen molar-refractivity contribution in [1.29, 1.82) is 0 Å². The van der Waals surface area contributed by atoms with Crippen molar-refractivity contribution in [2.75, 3.05) is 13.7 Å². The molecule has 1 aromatic carbocycles. The van der Waals surface area contributed by atoms with Crippen LogP contribution in [0.4, 0.5) is 0 Å². The van der Waals surface area contributed by atoms with Crippen LogP contribution >= 0.6 is 0 Å². The van der Waals surface area contributed by atoms with E-state index in [1.54, 1.807) is 19.5 Å². The molecule has 20 heavy (non-hydrogen) atoms. The fourth-order valence-corrected chi connectivity index (χ4v) is 2.09. The van der Waals surface area contributed by atoms with Crippen molar-refractivity contribution in [3.05, 3.63) is 54.1 Å². The molecule has 0 aliphatic rings. The average molecular weight is 271 g/mol. The van der Waals surface area contributed by atoms with Gasteiger partial charge in [-0.25, -0.2) is 0 Å². The first-order valence-corrected chi connectivity index (χ1v) is 6.95. The van der Waals surface area contributed by atoms with Gasteiger partial charge >= 0.3 is 0 Å². The summed E-state index contributed by atoms with van der Waals surface area (Å²) in [5.41, 5.74) is 2.24. The number of ether oxygens (including phenoxy) is 1. The average Bonchev–Trinajstić information content (AvgIpc) is 2.53. The van der Waals surface area contributed by atoms with E-state index in [1.807, 2.05) is 18.3 Å². The molecule has 0 spiro atoms. The van der Waals surface area contributed by atoms with Gasteiger partial charge in [-0.2, -0.15) is 0 Å². The Labute approximate surface area is 120 Å². The van der Waals surface area contributed by atoms with Gasteiger partial charge in [-0.1, -0.05) is 19.1 Å². The van der Waals surface area contributed by atoms with E-state index >= 15 is 0 Å². The van der Waals surface area contributed by atoms with Crippen molar-refractivity contribution in [2.24, 2.45) is 0 Å². The van der Waals surface area contributed by atoms with Crippen LogP contribution in [0.15, 0.2) is 42.9 Å². The molecule has 4 heteroatoms.